The van der Waals surface area contributed by atoms with Crippen LogP contribution in [0.3, 0.4) is 0 Å². The van der Waals surface area contributed by atoms with Gasteiger partial charge in [-0.2, -0.15) is 0 Å². The third-order valence-electron chi connectivity index (χ3n) is 2.91. The summed E-state index contributed by atoms with van der Waals surface area (Å²) >= 11 is 0. The highest BCUT2D eigenvalue weighted by atomic mass is 16.5. The van der Waals surface area contributed by atoms with E-state index in [0.717, 1.165) is 6.54 Å². The van der Waals surface area contributed by atoms with Crippen LogP contribution in [-0.2, 0) is 9.53 Å². The summed E-state index contributed by atoms with van der Waals surface area (Å²) in [5, 5.41) is 0. The second kappa shape index (κ2) is 6.83. The van der Waals surface area contributed by atoms with Crippen LogP contribution in [0.25, 0.3) is 0 Å². The molecule has 0 aliphatic carbocycles. The highest BCUT2D eigenvalue weighted by molar-refractivity contribution is 5.72. The highest BCUT2D eigenvalue weighted by Crippen LogP contribution is 2.11. The van der Waals surface area contributed by atoms with Crippen LogP contribution in [0.5, 0.6) is 0 Å². The molecular formula is C12H25NO2. The van der Waals surface area contributed by atoms with Gasteiger partial charge in [-0.05, 0) is 26.8 Å². The smallest absolute Gasteiger partial charge is 0.309 e. The number of hydrogen-bond acceptors (Lipinski definition) is 3. The Kier molecular flexibility index (Phi) is 6.57. The minimum Gasteiger partial charge on any atom is -0.466 e. The average Bonchev–Trinajstić information content (AvgIpc) is 2.16. The molecule has 0 fully saturated rings. The SMILES string of the molecule is CCOC(=O)C(C)CN(C)C(C)C(C)C. The number of esters is 1. The Morgan fingerprint density at radius 3 is 2.20 bits per heavy atom. The fourth-order valence-corrected chi connectivity index (χ4v) is 1.47. The van der Waals surface area contributed by atoms with Gasteiger partial charge in [-0.1, -0.05) is 20.8 Å². The van der Waals surface area contributed by atoms with Crippen molar-refractivity contribution in [1.82, 2.24) is 4.90 Å². The van der Waals surface area contributed by atoms with E-state index in [9.17, 15) is 4.79 Å². The maximum absolute atomic E-state index is 11.4. The Bertz CT molecular complexity index is 192. The molecule has 0 aromatic carbocycles. The summed E-state index contributed by atoms with van der Waals surface area (Å²) in [5.41, 5.74) is 0. The molecule has 15 heavy (non-hydrogen) atoms. The van der Waals surface area contributed by atoms with Gasteiger partial charge in [0, 0.05) is 12.6 Å². The molecule has 0 aromatic rings. The lowest BCUT2D eigenvalue weighted by Gasteiger charge is -2.29. The van der Waals surface area contributed by atoms with Gasteiger partial charge in [0.1, 0.15) is 0 Å². The van der Waals surface area contributed by atoms with Crippen LogP contribution in [-0.4, -0.2) is 37.1 Å². The Labute approximate surface area is 93.8 Å². The molecule has 0 aromatic heterocycles. The number of nitrogens with zero attached hydrogens (tertiary/aromatic N) is 1. The first-order valence-corrected chi connectivity index (χ1v) is 5.77. The minimum absolute atomic E-state index is 0.0452. The first-order chi connectivity index (χ1) is 6.90. The van der Waals surface area contributed by atoms with E-state index in [2.05, 4.69) is 32.7 Å². The first kappa shape index (κ1) is 14.4. The number of carbonyl (C=O) groups is 1. The van der Waals surface area contributed by atoms with E-state index >= 15 is 0 Å². The van der Waals surface area contributed by atoms with Gasteiger partial charge in [-0.3, -0.25) is 4.79 Å². The quantitative estimate of drug-likeness (QED) is 0.636. The molecule has 3 nitrogen and oxygen atoms in total. The van der Waals surface area contributed by atoms with Crippen molar-refractivity contribution in [2.24, 2.45) is 11.8 Å². The van der Waals surface area contributed by atoms with Crippen molar-refractivity contribution in [3.8, 4) is 0 Å². The van der Waals surface area contributed by atoms with Crippen LogP contribution in [0.1, 0.15) is 34.6 Å². The molecule has 0 saturated heterocycles. The third-order valence-corrected chi connectivity index (χ3v) is 2.91. The molecule has 0 heterocycles. The largest absolute Gasteiger partial charge is 0.466 e. The van der Waals surface area contributed by atoms with Crippen LogP contribution in [0.2, 0.25) is 0 Å². The normalized spacial score (nSPS) is 15.5. The Morgan fingerprint density at radius 1 is 1.27 bits per heavy atom. The fourth-order valence-electron chi connectivity index (χ4n) is 1.47. The van der Waals surface area contributed by atoms with Crippen LogP contribution in [0, 0.1) is 11.8 Å². The fraction of sp³-hybridized carbons (Fsp3) is 0.917. The minimum atomic E-state index is -0.0969. The van der Waals surface area contributed by atoms with Crippen LogP contribution >= 0.6 is 0 Å². The number of carbonyl (C=O) groups excluding carboxylic acids is 1. The summed E-state index contributed by atoms with van der Waals surface area (Å²) in [5.74, 6) is 0.459. The molecule has 0 radical (unpaired) electrons. The maximum Gasteiger partial charge on any atom is 0.309 e. The van der Waals surface area contributed by atoms with E-state index in [1.807, 2.05) is 13.8 Å². The molecule has 0 aliphatic rings. The van der Waals surface area contributed by atoms with Gasteiger partial charge in [-0.15, -0.1) is 0 Å². The van der Waals surface area contributed by atoms with Gasteiger partial charge in [-0.25, -0.2) is 0 Å². The van der Waals surface area contributed by atoms with E-state index in [0.29, 0.717) is 18.6 Å². The zero-order valence-electron chi connectivity index (χ0n) is 10.9. The summed E-state index contributed by atoms with van der Waals surface area (Å²) < 4.78 is 4.98. The van der Waals surface area contributed by atoms with Crippen molar-refractivity contribution >= 4 is 5.97 Å². The van der Waals surface area contributed by atoms with Crippen molar-refractivity contribution in [3.05, 3.63) is 0 Å². The second-order valence-corrected chi connectivity index (χ2v) is 4.58. The van der Waals surface area contributed by atoms with Crippen LogP contribution < -0.4 is 0 Å². The summed E-state index contributed by atoms with van der Waals surface area (Å²) in [6.45, 7) is 11.5. The topological polar surface area (TPSA) is 29.5 Å². The molecule has 0 rings (SSSR count). The molecule has 90 valence electrons. The third kappa shape index (κ3) is 5.17. The number of ether oxygens (including phenoxy) is 1. The molecule has 0 bridgehead atoms. The molecule has 3 heteroatoms. The first-order valence-electron chi connectivity index (χ1n) is 5.77. The number of hydrogen-bond donors (Lipinski definition) is 0. The van der Waals surface area contributed by atoms with E-state index in [4.69, 9.17) is 4.74 Å². The highest BCUT2D eigenvalue weighted by Gasteiger charge is 2.20. The lowest BCUT2D eigenvalue weighted by molar-refractivity contribution is -0.148. The summed E-state index contributed by atoms with van der Waals surface area (Å²) in [6, 6.07) is 0.488. The Hall–Kier alpha value is -0.570. The lowest BCUT2D eigenvalue weighted by Crippen LogP contribution is -2.38. The van der Waals surface area contributed by atoms with Gasteiger partial charge in [0.25, 0.3) is 0 Å². The molecule has 0 aliphatic heterocycles. The maximum atomic E-state index is 11.4. The van der Waals surface area contributed by atoms with Gasteiger partial charge < -0.3 is 9.64 Å². The number of rotatable bonds is 6. The zero-order valence-corrected chi connectivity index (χ0v) is 10.9. The van der Waals surface area contributed by atoms with Crippen molar-refractivity contribution in [2.45, 2.75) is 40.7 Å². The van der Waals surface area contributed by atoms with Gasteiger partial charge in [0.05, 0.1) is 12.5 Å². The van der Waals surface area contributed by atoms with E-state index < -0.39 is 0 Å². The van der Waals surface area contributed by atoms with Crippen molar-refractivity contribution < 1.29 is 9.53 Å². The molecule has 2 atom stereocenters. The lowest BCUT2D eigenvalue weighted by atomic mass is 10.0. The standard InChI is InChI=1S/C12H25NO2/c1-7-15-12(14)10(4)8-13(6)11(5)9(2)3/h9-11H,7-8H2,1-6H3. The van der Waals surface area contributed by atoms with Crippen LogP contribution in [0.15, 0.2) is 0 Å². The zero-order chi connectivity index (χ0) is 12.0. The Balaban J connectivity index is 4.05. The van der Waals surface area contributed by atoms with Gasteiger partial charge in [0.15, 0.2) is 0 Å². The van der Waals surface area contributed by atoms with E-state index in [1.54, 1.807) is 0 Å². The molecule has 2 unspecified atom stereocenters. The van der Waals surface area contributed by atoms with Gasteiger partial charge >= 0.3 is 5.97 Å². The van der Waals surface area contributed by atoms with Gasteiger partial charge in [0.2, 0.25) is 0 Å². The van der Waals surface area contributed by atoms with Crippen molar-refractivity contribution in [2.75, 3.05) is 20.2 Å². The predicted octanol–water partition coefficient (Wildman–Crippen LogP) is 2.16. The second-order valence-electron chi connectivity index (χ2n) is 4.58. The summed E-state index contributed by atoms with van der Waals surface area (Å²) in [7, 11) is 2.06. The van der Waals surface area contributed by atoms with E-state index in [-0.39, 0.29) is 11.9 Å². The van der Waals surface area contributed by atoms with E-state index in [1.165, 1.54) is 0 Å². The Morgan fingerprint density at radius 2 is 1.80 bits per heavy atom. The molecule has 0 saturated carbocycles. The molecule has 0 amide bonds. The predicted molar refractivity (Wildman–Crippen MR) is 62.7 cm³/mol. The molecule has 0 N–H and O–H groups in total. The van der Waals surface area contributed by atoms with Crippen LogP contribution in [0.4, 0.5) is 0 Å². The molecular weight excluding hydrogens is 190 g/mol. The van der Waals surface area contributed by atoms with Crippen molar-refractivity contribution in [1.29, 1.82) is 0 Å². The monoisotopic (exact) mass is 215 g/mol. The molecule has 0 spiro atoms. The summed E-state index contributed by atoms with van der Waals surface area (Å²) in [4.78, 5) is 13.6. The van der Waals surface area contributed by atoms with Crippen molar-refractivity contribution in [3.63, 3.8) is 0 Å². The summed E-state index contributed by atoms with van der Waals surface area (Å²) in [6.07, 6.45) is 0. The average molecular weight is 215 g/mol.